The number of anilines is 1. The summed E-state index contributed by atoms with van der Waals surface area (Å²) in [5.41, 5.74) is 0.376. The Kier molecular flexibility index (Phi) is 6.63. The molecule has 7 nitrogen and oxygen atoms in total. The molecule has 26 heavy (non-hydrogen) atoms. The normalized spacial score (nSPS) is 15.6. The number of carbonyl (C=O) groups excluding carboxylic acids is 2. The van der Waals surface area contributed by atoms with Crippen molar-refractivity contribution < 1.29 is 22.7 Å². The molecule has 0 unspecified atom stereocenters. The van der Waals surface area contributed by atoms with Crippen LogP contribution in [0.2, 0.25) is 0 Å². The average molecular weight is 382 g/mol. The van der Waals surface area contributed by atoms with Crippen molar-refractivity contribution in [3.8, 4) is 0 Å². The van der Waals surface area contributed by atoms with E-state index in [0.717, 1.165) is 23.4 Å². The highest BCUT2D eigenvalue weighted by Crippen LogP contribution is 2.24. The van der Waals surface area contributed by atoms with E-state index in [1.165, 1.54) is 13.2 Å². The molecule has 1 aromatic rings. The SMILES string of the molecule is COC(=O)c1ccccc1N(CCC(=O)N1CCC(C)CC1)S(C)(=O)=O. The van der Waals surface area contributed by atoms with Gasteiger partial charge in [0.05, 0.1) is 24.6 Å². The van der Waals surface area contributed by atoms with Gasteiger partial charge in [-0.25, -0.2) is 13.2 Å². The van der Waals surface area contributed by atoms with Crippen LogP contribution in [0, 0.1) is 5.92 Å². The van der Waals surface area contributed by atoms with Gasteiger partial charge in [0.2, 0.25) is 15.9 Å². The maximum absolute atomic E-state index is 12.5. The molecule has 0 N–H and O–H groups in total. The van der Waals surface area contributed by atoms with Gasteiger partial charge in [0, 0.05) is 26.1 Å². The largest absolute Gasteiger partial charge is 0.465 e. The zero-order chi connectivity index (χ0) is 19.3. The molecule has 0 radical (unpaired) electrons. The van der Waals surface area contributed by atoms with Crippen LogP contribution in [-0.2, 0) is 19.6 Å². The second kappa shape index (κ2) is 8.53. The Morgan fingerprint density at radius 1 is 1.23 bits per heavy atom. The molecule has 1 aliphatic heterocycles. The van der Waals surface area contributed by atoms with Gasteiger partial charge >= 0.3 is 5.97 Å². The molecule has 2 rings (SSSR count). The van der Waals surface area contributed by atoms with Crippen molar-refractivity contribution in [1.82, 2.24) is 4.90 Å². The lowest BCUT2D eigenvalue weighted by Crippen LogP contribution is -2.40. The number of hydrogen-bond acceptors (Lipinski definition) is 5. The predicted molar refractivity (Wildman–Crippen MR) is 99.6 cm³/mol. The average Bonchev–Trinajstić information content (AvgIpc) is 2.61. The minimum absolute atomic E-state index is 0.0161. The van der Waals surface area contributed by atoms with Crippen LogP contribution in [0.3, 0.4) is 0 Å². The third-order valence-electron chi connectivity index (χ3n) is 4.64. The number of nitrogens with zero attached hydrogens (tertiary/aromatic N) is 2. The molecule has 1 aromatic carbocycles. The first-order valence-corrected chi connectivity index (χ1v) is 10.5. The van der Waals surface area contributed by atoms with Crippen LogP contribution in [0.25, 0.3) is 0 Å². The second-order valence-corrected chi connectivity index (χ2v) is 8.56. The molecule has 0 spiro atoms. The lowest BCUT2D eigenvalue weighted by atomic mass is 9.99. The summed E-state index contributed by atoms with van der Waals surface area (Å²) in [6.07, 6.45) is 3.06. The van der Waals surface area contributed by atoms with Gasteiger partial charge in [-0.2, -0.15) is 0 Å². The molecule has 1 aliphatic rings. The Morgan fingerprint density at radius 2 is 1.85 bits per heavy atom. The summed E-state index contributed by atoms with van der Waals surface area (Å²) in [7, 11) is -2.42. The van der Waals surface area contributed by atoms with Crippen molar-refractivity contribution in [3.05, 3.63) is 29.8 Å². The number of piperidine rings is 1. The maximum Gasteiger partial charge on any atom is 0.340 e. The molecule has 144 valence electrons. The quantitative estimate of drug-likeness (QED) is 0.702. The fourth-order valence-corrected chi connectivity index (χ4v) is 3.99. The third kappa shape index (κ3) is 4.97. The van der Waals surface area contributed by atoms with Gasteiger partial charge in [0.15, 0.2) is 0 Å². The number of ether oxygens (including phenoxy) is 1. The monoisotopic (exact) mass is 382 g/mol. The van der Waals surface area contributed by atoms with Crippen molar-refractivity contribution in [3.63, 3.8) is 0 Å². The summed E-state index contributed by atoms with van der Waals surface area (Å²) in [5.74, 6) is -0.0785. The molecule has 0 aliphatic carbocycles. The molecular weight excluding hydrogens is 356 g/mol. The number of carbonyl (C=O) groups is 2. The predicted octanol–water partition coefficient (Wildman–Crippen LogP) is 1.89. The number of hydrogen-bond donors (Lipinski definition) is 0. The first kappa shape index (κ1) is 20.2. The summed E-state index contributed by atoms with van der Waals surface area (Å²) in [6.45, 7) is 3.56. The van der Waals surface area contributed by atoms with E-state index in [0.29, 0.717) is 19.0 Å². The lowest BCUT2D eigenvalue weighted by Gasteiger charge is -2.31. The van der Waals surface area contributed by atoms with Crippen molar-refractivity contribution >= 4 is 27.6 Å². The van der Waals surface area contributed by atoms with Crippen LogP contribution < -0.4 is 4.31 Å². The van der Waals surface area contributed by atoms with E-state index in [1.807, 2.05) is 0 Å². The lowest BCUT2D eigenvalue weighted by molar-refractivity contribution is -0.132. The zero-order valence-electron chi connectivity index (χ0n) is 15.5. The fraction of sp³-hybridized carbons (Fsp3) is 0.556. The van der Waals surface area contributed by atoms with Gasteiger partial charge in [-0.3, -0.25) is 9.10 Å². The van der Waals surface area contributed by atoms with Crippen LogP contribution in [-0.4, -0.2) is 58.2 Å². The number of sulfonamides is 1. The van der Waals surface area contributed by atoms with Gasteiger partial charge in [-0.1, -0.05) is 19.1 Å². The summed E-state index contributed by atoms with van der Waals surface area (Å²) < 4.78 is 30.4. The Balaban J connectivity index is 2.17. The van der Waals surface area contributed by atoms with Gasteiger partial charge in [-0.15, -0.1) is 0 Å². The highest BCUT2D eigenvalue weighted by Gasteiger charge is 2.26. The minimum atomic E-state index is -3.66. The van der Waals surface area contributed by atoms with E-state index in [9.17, 15) is 18.0 Å². The topological polar surface area (TPSA) is 84.0 Å². The van der Waals surface area contributed by atoms with Crippen LogP contribution in [0.5, 0.6) is 0 Å². The van der Waals surface area contributed by atoms with Crippen molar-refractivity contribution in [1.29, 1.82) is 0 Å². The molecule has 1 fully saturated rings. The number of amides is 1. The Labute approximate surface area is 155 Å². The zero-order valence-corrected chi connectivity index (χ0v) is 16.3. The first-order valence-electron chi connectivity index (χ1n) is 8.67. The van der Waals surface area contributed by atoms with Gasteiger partial charge in [0.25, 0.3) is 0 Å². The first-order chi connectivity index (χ1) is 12.2. The van der Waals surface area contributed by atoms with E-state index in [4.69, 9.17) is 4.74 Å². The van der Waals surface area contributed by atoms with E-state index in [2.05, 4.69) is 6.92 Å². The summed E-state index contributed by atoms with van der Waals surface area (Å²) >= 11 is 0. The summed E-state index contributed by atoms with van der Waals surface area (Å²) in [5, 5.41) is 0. The number of benzene rings is 1. The molecular formula is C18H26N2O5S. The Hall–Kier alpha value is -2.09. The molecule has 8 heteroatoms. The molecule has 0 saturated carbocycles. The Bertz CT molecular complexity index is 755. The van der Waals surface area contributed by atoms with Crippen LogP contribution in [0.1, 0.15) is 36.5 Å². The van der Waals surface area contributed by atoms with Crippen molar-refractivity contribution in [2.45, 2.75) is 26.2 Å². The van der Waals surface area contributed by atoms with E-state index in [1.54, 1.807) is 23.1 Å². The van der Waals surface area contributed by atoms with Gasteiger partial charge < -0.3 is 9.64 Å². The van der Waals surface area contributed by atoms with Crippen LogP contribution in [0.4, 0.5) is 5.69 Å². The highest BCUT2D eigenvalue weighted by atomic mass is 32.2. The fourth-order valence-electron chi connectivity index (χ4n) is 3.05. The molecule has 1 heterocycles. The molecule has 0 aromatic heterocycles. The number of rotatable bonds is 6. The van der Waals surface area contributed by atoms with E-state index in [-0.39, 0.29) is 30.1 Å². The van der Waals surface area contributed by atoms with Crippen LogP contribution >= 0.6 is 0 Å². The maximum atomic E-state index is 12.5. The highest BCUT2D eigenvalue weighted by molar-refractivity contribution is 7.92. The smallest absolute Gasteiger partial charge is 0.340 e. The minimum Gasteiger partial charge on any atom is -0.465 e. The Morgan fingerprint density at radius 3 is 2.42 bits per heavy atom. The molecule has 0 bridgehead atoms. The van der Waals surface area contributed by atoms with Gasteiger partial charge in [-0.05, 0) is 30.9 Å². The van der Waals surface area contributed by atoms with Gasteiger partial charge in [0.1, 0.15) is 0 Å². The second-order valence-electron chi connectivity index (χ2n) is 6.66. The van der Waals surface area contributed by atoms with Crippen LogP contribution in [0.15, 0.2) is 24.3 Å². The van der Waals surface area contributed by atoms with E-state index >= 15 is 0 Å². The molecule has 1 amide bonds. The molecule has 1 saturated heterocycles. The van der Waals surface area contributed by atoms with Crippen molar-refractivity contribution in [2.24, 2.45) is 5.92 Å². The van der Waals surface area contributed by atoms with E-state index < -0.39 is 16.0 Å². The summed E-state index contributed by atoms with van der Waals surface area (Å²) in [4.78, 5) is 26.2. The summed E-state index contributed by atoms with van der Waals surface area (Å²) in [6, 6.07) is 6.33. The van der Waals surface area contributed by atoms with Crippen molar-refractivity contribution in [2.75, 3.05) is 37.3 Å². The number of para-hydroxylation sites is 1. The standard InChI is InChI=1S/C18H26N2O5S/c1-14-8-11-19(12-9-14)17(21)10-13-20(26(3,23)24)16-7-5-4-6-15(16)18(22)25-2/h4-7,14H,8-13H2,1-3H3. The third-order valence-corrected chi connectivity index (χ3v) is 5.82. The number of esters is 1. The number of likely N-dealkylation sites (tertiary alicyclic amines) is 1. The molecule has 0 atom stereocenters. The number of methoxy groups -OCH3 is 1.